The maximum Gasteiger partial charge on any atom is 0.124 e. The van der Waals surface area contributed by atoms with E-state index in [1.165, 1.54) is 81.1 Å². The van der Waals surface area contributed by atoms with E-state index in [9.17, 15) is 13.0 Å². The lowest BCUT2D eigenvalue weighted by atomic mass is 10.1. The van der Waals surface area contributed by atoms with Gasteiger partial charge in [-0.15, -0.1) is 0 Å². The normalized spacial score (nSPS) is 13.4. The fourth-order valence-electron chi connectivity index (χ4n) is 3.33. The number of nitrogens with zero attached hydrogens (tertiary/aromatic N) is 1. The molecule has 1 atom stereocenters. The molecule has 1 N–H and O–H groups in total. The van der Waals surface area contributed by atoms with Crippen molar-refractivity contribution in [1.29, 1.82) is 0 Å². The second kappa shape index (κ2) is 15.8. The van der Waals surface area contributed by atoms with E-state index >= 15 is 0 Å². The van der Waals surface area contributed by atoms with E-state index in [1.807, 2.05) is 6.92 Å². The van der Waals surface area contributed by atoms with Crippen LogP contribution in [0.5, 0.6) is 0 Å². The van der Waals surface area contributed by atoms with E-state index in [0.717, 1.165) is 18.5 Å². The molecule has 0 aliphatic heterocycles. The molecule has 0 aliphatic carbocycles. The summed E-state index contributed by atoms with van der Waals surface area (Å²) >= 11 is 0. The summed E-state index contributed by atoms with van der Waals surface area (Å²) in [5.74, 6) is 0. The van der Waals surface area contributed by atoms with Crippen molar-refractivity contribution in [1.82, 2.24) is 0 Å². The molecule has 0 radical (unpaired) electrons. The molecule has 0 bridgehead atoms. The van der Waals surface area contributed by atoms with Crippen LogP contribution >= 0.6 is 0 Å². The average molecular weight is 430 g/mol. The molecule has 1 aromatic rings. The Morgan fingerprint density at radius 1 is 0.828 bits per heavy atom. The molecule has 0 aromatic heterocycles. The molecule has 170 valence electrons. The first-order valence-corrected chi connectivity index (χ1v) is 12.6. The summed E-state index contributed by atoms with van der Waals surface area (Å²) in [6, 6.07) is 5.78. The Kier molecular flexibility index (Phi) is 15.3. The lowest BCUT2D eigenvalue weighted by Gasteiger charge is -2.35. The number of aryl methyl sites for hydroxylation is 1. The molecule has 0 spiro atoms. The number of hydrogen-bond acceptors (Lipinski definition) is 4. The highest BCUT2D eigenvalue weighted by Gasteiger charge is 2.19. The summed E-state index contributed by atoms with van der Waals surface area (Å²) < 4.78 is 32.3. The average Bonchev–Trinajstić information content (AvgIpc) is 2.67. The largest absolute Gasteiger partial charge is 0.744 e. The van der Waals surface area contributed by atoms with Gasteiger partial charge in [0.25, 0.3) is 0 Å². The van der Waals surface area contributed by atoms with Crippen molar-refractivity contribution in [3.8, 4) is 0 Å². The molecule has 0 heterocycles. The quantitative estimate of drug-likeness (QED) is 0.260. The molecule has 0 amide bonds. The highest BCUT2D eigenvalue weighted by Crippen LogP contribution is 2.13. The summed E-state index contributed by atoms with van der Waals surface area (Å²) in [6.07, 6.45) is 11.8. The summed E-state index contributed by atoms with van der Waals surface area (Å²) in [4.78, 5) is -0.178. The predicted octanol–water partition coefficient (Wildman–Crippen LogP) is 4.88. The molecule has 1 rings (SSSR count). The minimum atomic E-state index is -4.27. The number of rotatable bonds is 14. The first-order valence-electron chi connectivity index (χ1n) is 11.2. The van der Waals surface area contributed by atoms with E-state index in [4.69, 9.17) is 5.11 Å². The van der Waals surface area contributed by atoms with Crippen LogP contribution in [0.2, 0.25) is 0 Å². The topological polar surface area (TPSA) is 77.4 Å². The standard InChI is InChI=1S/C16H36NO.C7H8O3S/c1-4-6-8-9-11-14-17(3,15-12-16-18)13-10-7-5-2;1-6-2-4-7(5-3-6)11(8,9)10/h18H,4-16H2,1-3H3;2-5H,1H3,(H,8,9,10)/q+1;/p-1. The zero-order valence-electron chi connectivity index (χ0n) is 19.0. The molecule has 0 saturated heterocycles. The van der Waals surface area contributed by atoms with Crippen LogP contribution in [0, 0.1) is 6.92 Å². The Balaban J connectivity index is 0.000000604. The van der Waals surface area contributed by atoms with Gasteiger partial charge in [-0.2, -0.15) is 0 Å². The first-order chi connectivity index (χ1) is 13.7. The highest BCUT2D eigenvalue weighted by molar-refractivity contribution is 7.85. The summed E-state index contributed by atoms with van der Waals surface area (Å²) in [5.41, 5.74) is 0.928. The number of unbranched alkanes of at least 4 members (excludes halogenated alkanes) is 6. The molecule has 1 unspecified atom stereocenters. The highest BCUT2D eigenvalue weighted by atomic mass is 32.2. The number of benzene rings is 1. The Morgan fingerprint density at radius 3 is 1.76 bits per heavy atom. The van der Waals surface area contributed by atoms with Crippen LogP contribution in [-0.2, 0) is 10.1 Å². The van der Waals surface area contributed by atoms with Gasteiger partial charge in [-0.1, -0.05) is 57.2 Å². The zero-order chi connectivity index (χ0) is 22.2. The SMILES string of the molecule is CCCCCCC[N+](C)(CCCO)CCCCC.Cc1ccc(S(=O)(=O)[O-])cc1. The smallest absolute Gasteiger partial charge is 0.124 e. The van der Waals surface area contributed by atoms with Crippen molar-refractivity contribution < 1.29 is 22.6 Å². The minimum Gasteiger partial charge on any atom is -0.744 e. The van der Waals surface area contributed by atoms with E-state index < -0.39 is 10.1 Å². The van der Waals surface area contributed by atoms with Crippen LogP contribution < -0.4 is 0 Å². The van der Waals surface area contributed by atoms with Crippen molar-refractivity contribution >= 4 is 10.1 Å². The Labute approximate surface area is 179 Å². The van der Waals surface area contributed by atoms with Gasteiger partial charge < -0.3 is 14.1 Å². The number of aliphatic hydroxyl groups excluding tert-OH is 1. The van der Waals surface area contributed by atoms with Gasteiger partial charge in [-0.3, -0.25) is 0 Å². The van der Waals surface area contributed by atoms with Crippen molar-refractivity contribution in [2.75, 3.05) is 33.3 Å². The lowest BCUT2D eigenvalue weighted by Crippen LogP contribution is -2.46. The molecular weight excluding hydrogens is 386 g/mol. The third-order valence-electron chi connectivity index (χ3n) is 5.27. The fraction of sp³-hybridized carbons (Fsp3) is 0.739. The Bertz CT molecular complexity index is 616. The van der Waals surface area contributed by atoms with Crippen molar-refractivity contribution in [3.63, 3.8) is 0 Å². The number of hydrogen-bond donors (Lipinski definition) is 1. The zero-order valence-corrected chi connectivity index (χ0v) is 19.8. The molecule has 6 heteroatoms. The van der Waals surface area contributed by atoms with E-state index in [-0.39, 0.29) is 4.90 Å². The Hall–Kier alpha value is -0.950. The summed E-state index contributed by atoms with van der Waals surface area (Å²) in [7, 11) is -1.89. The minimum absolute atomic E-state index is 0.178. The van der Waals surface area contributed by atoms with Crippen molar-refractivity contribution in [2.24, 2.45) is 0 Å². The van der Waals surface area contributed by atoms with Crippen molar-refractivity contribution in [2.45, 2.75) is 83.5 Å². The number of aliphatic hydroxyl groups is 1. The van der Waals surface area contributed by atoms with E-state index in [0.29, 0.717) is 6.61 Å². The maximum atomic E-state index is 10.4. The molecule has 0 saturated carbocycles. The van der Waals surface area contributed by atoms with Crippen LogP contribution in [0.15, 0.2) is 29.2 Å². The molecular formula is C23H43NO4S. The summed E-state index contributed by atoms with van der Waals surface area (Å²) in [5, 5.41) is 9.03. The molecule has 29 heavy (non-hydrogen) atoms. The monoisotopic (exact) mass is 429 g/mol. The third kappa shape index (κ3) is 14.6. The molecule has 5 nitrogen and oxygen atoms in total. The van der Waals surface area contributed by atoms with Crippen LogP contribution in [0.3, 0.4) is 0 Å². The van der Waals surface area contributed by atoms with Gasteiger partial charge in [0, 0.05) is 13.0 Å². The van der Waals surface area contributed by atoms with Crippen LogP contribution in [-0.4, -0.2) is 55.8 Å². The van der Waals surface area contributed by atoms with E-state index in [2.05, 4.69) is 20.9 Å². The lowest BCUT2D eigenvalue weighted by molar-refractivity contribution is -0.910. The van der Waals surface area contributed by atoms with E-state index in [1.54, 1.807) is 12.1 Å². The van der Waals surface area contributed by atoms with Crippen LogP contribution in [0.1, 0.15) is 77.2 Å². The first kappa shape index (κ1) is 28.1. The predicted molar refractivity (Wildman–Crippen MR) is 120 cm³/mol. The van der Waals surface area contributed by atoms with Crippen LogP contribution in [0.4, 0.5) is 0 Å². The molecule has 1 aromatic carbocycles. The second-order valence-corrected chi connectivity index (χ2v) is 9.64. The third-order valence-corrected chi connectivity index (χ3v) is 6.12. The second-order valence-electron chi connectivity index (χ2n) is 8.26. The van der Waals surface area contributed by atoms with Gasteiger partial charge in [0.05, 0.1) is 31.6 Å². The van der Waals surface area contributed by atoms with Gasteiger partial charge in [-0.05, 0) is 44.7 Å². The van der Waals surface area contributed by atoms with Gasteiger partial charge in [0.1, 0.15) is 10.1 Å². The molecule has 0 fully saturated rings. The molecule has 0 aliphatic rings. The Morgan fingerprint density at radius 2 is 1.28 bits per heavy atom. The van der Waals surface area contributed by atoms with Gasteiger partial charge in [-0.25, -0.2) is 8.42 Å². The maximum absolute atomic E-state index is 10.4. The van der Waals surface area contributed by atoms with Gasteiger partial charge in [0.2, 0.25) is 0 Å². The van der Waals surface area contributed by atoms with Crippen molar-refractivity contribution in [3.05, 3.63) is 29.8 Å². The van der Waals surface area contributed by atoms with Gasteiger partial charge >= 0.3 is 0 Å². The summed E-state index contributed by atoms with van der Waals surface area (Å²) in [6.45, 7) is 10.4. The van der Waals surface area contributed by atoms with Crippen LogP contribution in [0.25, 0.3) is 0 Å². The van der Waals surface area contributed by atoms with Gasteiger partial charge in [0.15, 0.2) is 0 Å². The fourth-order valence-corrected chi connectivity index (χ4v) is 3.80. The number of quaternary nitrogens is 1.